The fourth-order valence-electron chi connectivity index (χ4n) is 2.56. The summed E-state index contributed by atoms with van der Waals surface area (Å²) in [5, 5.41) is 0. The number of hydrogen-bond acceptors (Lipinski definition) is 2. The standard InChI is InChI=1S/C12H20N2O2/c1-10-5-4-8-14(9-10)12(16)11(15)13-6-2-3-7-13/h10H,2-9H2,1H3. The van der Waals surface area contributed by atoms with Crippen molar-refractivity contribution in [1.82, 2.24) is 9.80 Å². The normalized spacial score (nSPS) is 25.9. The van der Waals surface area contributed by atoms with Gasteiger partial charge in [0.25, 0.3) is 0 Å². The summed E-state index contributed by atoms with van der Waals surface area (Å²) < 4.78 is 0. The van der Waals surface area contributed by atoms with E-state index in [4.69, 9.17) is 0 Å². The van der Waals surface area contributed by atoms with E-state index in [9.17, 15) is 9.59 Å². The van der Waals surface area contributed by atoms with Gasteiger partial charge in [-0.1, -0.05) is 6.92 Å². The highest BCUT2D eigenvalue weighted by molar-refractivity contribution is 6.34. The van der Waals surface area contributed by atoms with Crippen LogP contribution in [0.1, 0.15) is 32.6 Å². The van der Waals surface area contributed by atoms with E-state index in [-0.39, 0.29) is 11.8 Å². The van der Waals surface area contributed by atoms with Crippen molar-refractivity contribution in [3.8, 4) is 0 Å². The second-order valence-electron chi connectivity index (χ2n) is 5.00. The molecule has 2 fully saturated rings. The Hall–Kier alpha value is -1.06. The lowest BCUT2D eigenvalue weighted by atomic mass is 10.0. The van der Waals surface area contributed by atoms with Gasteiger partial charge in [-0.3, -0.25) is 9.59 Å². The second kappa shape index (κ2) is 4.85. The minimum atomic E-state index is -0.286. The molecule has 0 bridgehead atoms. The highest BCUT2D eigenvalue weighted by Crippen LogP contribution is 2.17. The minimum Gasteiger partial charge on any atom is -0.334 e. The predicted octanol–water partition coefficient (Wildman–Crippen LogP) is 0.867. The van der Waals surface area contributed by atoms with Gasteiger partial charge in [-0.25, -0.2) is 0 Å². The highest BCUT2D eigenvalue weighted by atomic mass is 16.2. The maximum absolute atomic E-state index is 12.0. The molecule has 0 aromatic rings. The molecule has 4 heteroatoms. The predicted molar refractivity (Wildman–Crippen MR) is 60.8 cm³/mol. The van der Waals surface area contributed by atoms with Gasteiger partial charge < -0.3 is 9.80 Å². The number of hydrogen-bond donors (Lipinski definition) is 0. The Morgan fingerprint density at radius 1 is 0.938 bits per heavy atom. The van der Waals surface area contributed by atoms with E-state index in [1.54, 1.807) is 9.80 Å². The Morgan fingerprint density at radius 2 is 1.50 bits per heavy atom. The monoisotopic (exact) mass is 224 g/mol. The van der Waals surface area contributed by atoms with Gasteiger partial charge in [-0.15, -0.1) is 0 Å². The molecular formula is C12H20N2O2. The lowest BCUT2D eigenvalue weighted by molar-refractivity contribution is -0.152. The molecule has 0 spiro atoms. The molecule has 2 heterocycles. The van der Waals surface area contributed by atoms with Crippen molar-refractivity contribution < 1.29 is 9.59 Å². The molecule has 0 N–H and O–H groups in total. The van der Waals surface area contributed by atoms with Gasteiger partial charge in [0, 0.05) is 26.2 Å². The maximum Gasteiger partial charge on any atom is 0.312 e. The Balaban J connectivity index is 1.92. The van der Waals surface area contributed by atoms with Crippen LogP contribution in [0.2, 0.25) is 0 Å². The molecule has 0 aromatic carbocycles. The average molecular weight is 224 g/mol. The quantitative estimate of drug-likeness (QED) is 0.573. The van der Waals surface area contributed by atoms with Crippen molar-refractivity contribution in [2.24, 2.45) is 5.92 Å². The number of rotatable bonds is 0. The Kier molecular flexibility index (Phi) is 3.46. The van der Waals surface area contributed by atoms with Crippen LogP contribution in [-0.2, 0) is 9.59 Å². The van der Waals surface area contributed by atoms with Crippen LogP contribution in [0.5, 0.6) is 0 Å². The van der Waals surface area contributed by atoms with Crippen LogP contribution in [-0.4, -0.2) is 47.8 Å². The number of amides is 2. The van der Waals surface area contributed by atoms with Gasteiger partial charge in [0.2, 0.25) is 0 Å². The number of carbonyl (C=O) groups excluding carboxylic acids is 2. The van der Waals surface area contributed by atoms with E-state index >= 15 is 0 Å². The third kappa shape index (κ3) is 2.36. The molecule has 0 aliphatic carbocycles. The highest BCUT2D eigenvalue weighted by Gasteiger charge is 2.30. The SMILES string of the molecule is CC1CCCN(C(=O)C(=O)N2CCCC2)C1. The number of carbonyl (C=O) groups is 2. The number of nitrogens with zero attached hydrogens (tertiary/aromatic N) is 2. The smallest absolute Gasteiger partial charge is 0.312 e. The summed E-state index contributed by atoms with van der Waals surface area (Å²) in [6.45, 7) is 5.16. The molecule has 0 aromatic heterocycles. The molecule has 1 atom stereocenters. The summed E-state index contributed by atoms with van der Waals surface area (Å²) in [5.41, 5.74) is 0. The van der Waals surface area contributed by atoms with Gasteiger partial charge in [-0.05, 0) is 31.6 Å². The van der Waals surface area contributed by atoms with Crippen LogP contribution in [0.3, 0.4) is 0 Å². The lowest BCUT2D eigenvalue weighted by Gasteiger charge is -2.31. The molecule has 2 aliphatic rings. The van der Waals surface area contributed by atoms with Crippen LogP contribution in [0.15, 0.2) is 0 Å². The first-order valence-electron chi connectivity index (χ1n) is 6.26. The van der Waals surface area contributed by atoms with E-state index in [2.05, 4.69) is 6.92 Å². The van der Waals surface area contributed by atoms with Crippen molar-refractivity contribution in [3.05, 3.63) is 0 Å². The van der Waals surface area contributed by atoms with Crippen molar-refractivity contribution >= 4 is 11.8 Å². The van der Waals surface area contributed by atoms with Crippen LogP contribution in [0.25, 0.3) is 0 Å². The first-order valence-corrected chi connectivity index (χ1v) is 6.26. The van der Waals surface area contributed by atoms with Gasteiger partial charge in [0.15, 0.2) is 0 Å². The molecule has 2 aliphatic heterocycles. The fourth-order valence-corrected chi connectivity index (χ4v) is 2.56. The topological polar surface area (TPSA) is 40.6 Å². The summed E-state index contributed by atoms with van der Waals surface area (Å²) in [6, 6.07) is 0. The van der Waals surface area contributed by atoms with E-state index in [0.717, 1.165) is 45.4 Å². The number of likely N-dealkylation sites (tertiary alicyclic amines) is 2. The largest absolute Gasteiger partial charge is 0.334 e. The Bertz CT molecular complexity index is 285. The second-order valence-corrected chi connectivity index (χ2v) is 5.00. The molecule has 4 nitrogen and oxygen atoms in total. The van der Waals surface area contributed by atoms with E-state index in [1.165, 1.54) is 6.42 Å². The lowest BCUT2D eigenvalue weighted by Crippen LogP contribution is -2.47. The van der Waals surface area contributed by atoms with Crippen LogP contribution in [0, 0.1) is 5.92 Å². The Morgan fingerprint density at radius 3 is 2.12 bits per heavy atom. The molecule has 2 saturated heterocycles. The average Bonchev–Trinajstić information content (AvgIpc) is 2.80. The molecule has 90 valence electrons. The fraction of sp³-hybridized carbons (Fsp3) is 0.833. The van der Waals surface area contributed by atoms with Crippen molar-refractivity contribution in [2.45, 2.75) is 32.6 Å². The zero-order valence-electron chi connectivity index (χ0n) is 9.95. The summed E-state index contributed by atoms with van der Waals surface area (Å²) in [5.74, 6) is -0.0378. The van der Waals surface area contributed by atoms with Crippen LogP contribution < -0.4 is 0 Å². The van der Waals surface area contributed by atoms with Crippen molar-refractivity contribution in [2.75, 3.05) is 26.2 Å². The molecule has 0 radical (unpaired) electrons. The molecular weight excluding hydrogens is 204 g/mol. The first-order chi connectivity index (χ1) is 7.68. The van der Waals surface area contributed by atoms with E-state index < -0.39 is 0 Å². The van der Waals surface area contributed by atoms with Gasteiger partial charge >= 0.3 is 11.8 Å². The van der Waals surface area contributed by atoms with Crippen LogP contribution in [0.4, 0.5) is 0 Å². The summed E-state index contributed by atoms with van der Waals surface area (Å²) >= 11 is 0. The van der Waals surface area contributed by atoms with Gasteiger partial charge in [0.05, 0.1) is 0 Å². The van der Waals surface area contributed by atoms with Crippen molar-refractivity contribution in [3.63, 3.8) is 0 Å². The van der Waals surface area contributed by atoms with Gasteiger partial charge in [0.1, 0.15) is 0 Å². The van der Waals surface area contributed by atoms with Gasteiger partial charge in [-0.2, -0.15) is 0 Å². The van der Waals surface area contributed by atoms with Crippen molar-refractivity contribution in [1.29, 1.82) is 0 Å². The molecule has 0 saturated carbocycles. The molecule has 2 amide bonds. The first kappa shape index (κ1) is 11.4. The molecule has 1 unspecified atom stereocenters. The summed E-state index contributed by atoms with van der Waals surface area (Å²) in [6.07, 6.45) is 4.27. The summed E-state index contributed by atoms with van der Waals surface area (Å²) in [7, 11) is 0. The van der Waals surface area contributed by atoms with E-state index in [1.807, 2.05) is 0 Å². The third-order valence-electron chi connectivity index (χ3n) is 3.52. The zero-order valence-corrected chi connectivity index (χ0v) is 9.95. The Labute approximate surface area is 96.6 Å². The van der Waals surface area contributed by atoms with Crippen LogP contribution >= 0.6 is 0 Å². The third-order valence-corrected chi connectivity index (χ3v) is 3.52. The van der Waals surface area contributed by atoms with E-state index in [0.29, 0.717) is 5.92 Å². The maximum atomic E-state index is 12.0. The minimum absolute atomic E-state index is 0.284. The zero-order chi connectivity index (χ0) is 11.5. The molecule has 16 heavy (non-hydrogen) atoms. The molecule has 2 rings (SSSR count). The number of piperidine rings is 1. The summed E-state index contributed by atoms with van der Waals surface area (Å²) in [4.78, 5) is 27.3.